The molecule has 0 spiro atoms. The average molecular weight is 290 g/mol. The SMILES string of the molecule is Cc1ncsc1CNC(=O)c1cccnc1NC(C)C. The van der Waals surface area contributed by atoms with E-state index in [1.54, 1.807) is 35.2 Å². The number of rotatable bonds is 5. The van der Waals surface area contributed by atoms with Gasteiger partial charge < -0.3 is 10.6 Å². The fourth-order valence-electron chi connectivity index (χ4n) is 1.73. The number of carbonyl (C=O) groups excluding carboxylic acids is 1. The Morgan fingerprint density at radius 1 is 1.40 bits per heavy atom. The normalized spacial score (nSPS) is 10.6. The van der Waals surface area contributed by atoms with Gasteiger partial charge in [0.25, 0.3) is 5.91 Å². The van der Waals surface area contributed by atoms with Crippen molar-refractivity contribution in [3.63, 3.8) is 0 Å². The van der Waals surface area contributed by atoms with Gasteiger partial charge in [-0.25, -0.2) is 9.97 Å². The molecule has 0 atom stereocenters. The highest BCUT2D eigenvalue weighted by Crippen LogP contribution is 2.14. The molecule has 0 saturated heterocycles. The van der Waals surface area contributed by atoms with Crippen molar-refractivity contribution < 1.29 is 4.79 Å². The summed E-state index contributed by atoms with van der Waals surface area (Å²) in [6, 6.07) is 3.76. The highest BCUT2D eigenvalue weighted by molar-refractivity contribution is 7.09. The van der Waals surface area contributed by atoms with Crippen LogP contribution < -0.4 is 10.6 Å². The van der Waals surface area contributed by atoms with Gasteiger partial charge in [0.1, 0.15) is 5.82 Å². The van der Waals surface area contributed by atoms with Gasteiger partial charge in [0.05, 0.1) is 23.3 Å². The minimum absolute atomic E-state index is 0.131. The number of aryl methyl sites for hydroxylation is 1. The second kappa shape index (κ2) is 6.47. The summed E-state index contributed by atoms with van der Waals surface area (Å²) in [5.74, 6) is 0.482. The van der Waals surface area contributed by atoms with Crippen molar-refractivity contribution in [3.05, 3.63) is 40.0 Å². The zero-order valence-corrected chi connectivity index (χ0v) is 12.6. The van der Waals surface area contributed by atoms with E-state index in [-0.39, 0.29) is 11.9 Å². The van der Waals surface area contributed by atoms with E-state index in [2.05, 4.69) is 20.6 Å². The molecule has 0 aliphatic carbocycles. The molecule has 1 amide bonds. The van der Waals surface area contributed by atoms with Gasteiger partial charge in [-0.05, 0) is 32.9 Å². The van der Waals surface area contributed by atoms with Crippen LogP contribution in [-0.4, -0.2) is 21.9 Å². The van der Waals surface area contributed by atoms with Crippen molar-refractivity contribution in [1.29, 1.82) is 0 Å². The maximum Gasteiger partial charge on any atom is 0.255 e. The van der Waals surface area contributed by atoms with Crippen LogP contribution in [0, 0.1) is 6.92 Å². The zero-order valence-electron chi connectivity index (χ0n) is 11.8. The van der Waals surface area contributed by atoms with Crippen LogP contribution in [0.15, 0.2) is 23.8 Å². The Labute approximate surface area is 122 Å². The fourth-order valence-corrected chi connectivity index (χ4v) is 2.45. The Kier molecular flexibility index (Phi) is 4.68. The summed E-state index contributed by atoms with van der Waals surface area (Å²) >= 11 is 1.54. The minimum atomic E-state index is -0.131. The molecule has 2 N–H and O–H groups in total. The van der Waals surface area contributed by atoms with E-state index < -0.39 is 0 Å². The van der Waals surface area contributed by atoms with E-state index in [0.29, 0.717) is 17.9 Å². The number of hydrogen-bond donors (Lipinski definition) is 2. The van der Waals surface area contributed by atoms with E-state index in [4.69, 9.17) is 0 Å². The Morgan fingerprint density at radius 2 is 2.20 bits per heavy atom. The van der Waals surface area contributed by atoms with Crippen molar-refractivity contribution in [3.8, 4) is 0 Å². The first-order valence-corrected chi connectivity index (χ1v) is 7.34. The van der Waals surface area contributed by atoms with Gasteiger partial charge in [-0.3, -0.25) is 4.79 Å². The lowest BCUT2D eigenvalue weighted by atomic mass is 10.2. The third-order valence-electron chi connectivity index (χ3n) is 2.73. The summed E-state index contributed by atoms with van der Waals surface area (Å²) in [6.07, 6.45) is 1.68. The van der Waals surface area contributed by atoms with Gasteiger partial charge in [0.2, 0.25) is 0 Å². The number of nitrogens with one attached hydrogen (secondary N) is 2. The molecule has 2 heterocycles. The Hall–Kier alpha value is -1.95. The van der Waals surface area contributed by atoms with Gasteiger partial charge in [0, 0.05) is 17.1 Å². The summed E-state index contributed by atoms with van der Waals surface area (Å²) in [7, 11) is 0. The predicted octanol–water partition coefficient (Wildman–Crippen LogP) is 2.60. The van der Waals surface area contributed by atoms with Crippen LogP contribution in [-0.2, 0) is 6.54 Å². The van der Waals surface area contributed by atoms with Crippen molar-refractivity contribution in [2.24, 2.45) is 0 Å². The molecule has 6 heteroatoms. The molecular weight excluding hydrogens is 272 g/mol. The lowest BCUT2D eigenvalue weighted by molar-refractivity contribution is 0.0951. The summed E-state index contributed by atoms with van der Waals surface area (Å²) in [5.41, 5.74) is 3.30. The smallest absolute Gasteiger partial charge is 0.255 e. The molecule has 0 aromatic carbocycles. The first-order chi connectivity index (χ1) is 9.58. The van der Waals surface area contributed by atoms with Gasteiger partial charge in [-0.2, -0.15) is 0 Å². The van der Waals surface area contributed by atoms with Gasteiger partial charge in [0.15, 0.2) is 0 Å². The fraction of sp³-hybridized carbons (Fsp3) is 0.357. The maximum absolute atomic E-state index is 12.2. The molecule has 0 fully saturated rings. The molecule has 20 heavy (non-hydrogen) atoms. The molecule has 5 nitrogen and oxygen atoms in total. The van der Waals surface area contributed by atoms with Crippen LogP contribution >= 0.6 is 11.3 Å². The largest absolute Gasteiger partial charge is 0.367 e. The molecule has 0 unspecified atom stereocenters. The zero-order chi connectivity index (χ0) is 14.5. The molecule has 0 aliphatic heterocycles. The predicted molar refractivity (Wildman–Crippen MR) is 81.0 cm³/mol. The number of amides is 1. The summed E-state index contributed by atoms with van der Waals surface area (Å²) in [5, 5.41) is 6.08. The number of aromatic nitrogens is 2. The van der Waals surface area contributed by atoms with E-state index in [1.807, 2.05) is 20.8 Å². The van der Waals surface area contributed by atoms with Crippen molar-refractivity contribution in [1.82, 2.24) is 15.3 Å². The monoisotopic (exact) mass is 290 g/mol. The Morgan fingerprint density at radius 3 is 2.85 bits per heavy atom. The maximum atomic E-state index is 12.2. The second-order valence-electron chi connectivity index (χ2n) is 4.74. The van der Waals surface area contributed by atoms with Gasteiger partial charge in [-0.15, -0.1) is 11.3 Å². The van der Waals surface area contributed by atoms with Gasteiger partial charge >= 0.3 is 0 Å². The van der Waals surface area contributed by atoms with Gasteiger partial charge in [-0.1, -0.05) is 0 Å². The molecule has 106 valence electrons. The van der Waals surface area contributed by atoms with E-state index in [9.17, 15) is 4.79 Å². The van der Waals surface area contributed by atoms with Crippen LogP contribution in [0.25, 0.3) is 0 Å². The molecule has 0 bridgehead atoms. The van der Waals surface area contributed by atoms with E-state index in [0.717, 1.165) is 10.6 Å². The van der Waals surface area contributed by atoms with Crippen LogP contribution in [0.1, 0.15) is 34.8 Å². The minimum Gasteiger partial charge on any atom is -0.367 e. The molecule has 0 aliphatic rings. The number of carbonyl (C=O) groups is 1. The first kappa shape index (κ1) is 14.5. The molecule has 0 saturated carbocycles. The summed E-state index contributed by atoms with van der Waals surface area (Å²) in [4.78, 5) is 21.7. The van der Waals surface area contributed by atoms with Crippen LogP contribution in [0.5, 0.6) is 0 Å². The Bertz CT molecular complexity index is 594. The Balaban J connectivity index is 2.07. The van der Waals surface area contributed by atoms with Crippen LogP contribution in [0.4, 0.5) is 5.82 Å². The number of nitrogens with zero attached hydrogens (tertiary/aromatic N) is 2. The van der Waals surface area contributed by atoms with Crippen molar-refractivity contribution >= 4 is 23.1 Å². The second-order valence-corrected chi connectivity index (χ2v) is 5.68. The third kappa shape index (κ3) is 3.54. The molecule has 2 rings (SSSR count). The topological polar surface area (TPSA) is 66.9 Å². The molecule has 0 radical (unpaired) electrons. The lowest BCUT2D eigenvalue weighted by Crippen LogP contribution is -2.25. The highest BCUT2D eigenvalue weighted by Gasteiger charge is 2.13. The van der Waals surface area contributed by atoms with Crippen LogP contribution in [0.2, 0.25) is 0 Å². The number of thiazole rings is 1. The third-order valence-corrected chi connectivity index (χ3v) is 3.67. The summed E-state index contributed by atoms with van der Waals surface area (Å²) < 4.78 is 0. The quantitative estimate of drug-likeness (QED) is 0.888. The lowest BCUT2D eigenvalue weighted by Gasteiger charge is -2.13. The van der Waals surface area contributed by atoms with E-state index in [1.165, 1.54) is 0 Å². The summed E-state index contributed by atoms with van der Waals surface area (Å²) in [6.45, 7) is 6.45. The molecule has 2 aromatic heterocycles. The van der Waals surface area contributed by atoms with Crippen molar-refractivity contribution in [2.45, 2.75) is 33.4 Å². The number of pyridine rings is 1. The first-order valence-electron chi connectivity index (χ1n) is 6.46. The average Bonchev–Trinajstić information content (AvgIpc) is 2.81. The number of hydrogen-bond acceptors (Lipinski definition) is 5. The number of anilines is 1. The molecule has 2 aromatic rings. The van der Waals surface area contributed by atoms with Crippen molar-refractivity contribution in [2.75, 3.05) is 5.32 Å². The van der Waals surface area contributed by atoms with Crippen LogP contribution in [0.3, 0.4) is 0 Å². The standard InChI is InChI=1S/C14H18N4OS/c1-9(2)18-13-11(5-4-6-15-13)14(19)16-7-12-10(3)17-8-20-12/h4-6,8-9H,7H2,1-3H3,(H,15,18)(H,16,19). The van der Waals surface area contributed by atoms with E-state index >= 15 is 0 Å². The highest BCUT2D eigenvalue weighted by atomic mass is 32.1. The molecular formula is C14H18N4OS.